The number of hydrogen-bond acceptors (Lipinski definition) is 4. The van der Waals surface area contributed by atoms with E-state index in [1.54, 1.807) is 6.07 Å². The number of benzene rings is 1. The van der Waals surface area contributed by atoms with Gasteiger partial charge in [0.2, 0.25) is 0 Å². The highest BCUT2D eigenvalue weighted by Gasteiger charge is 2.36. The van der Waals surface area contributed by atoms with E-state index in [1.165, 1.54) is 31.9 Å². The van der Waals surface area contributed by atoms with Gasteiger partial charge in [-0.05, 0) is 30.9 Å². The van der Waals surface area contributed by atoms with E-state index in [9.17, 15) is 8.42 Å². The van der Waals surface area contributed by atoms with Crippen LogP contribution in [0.4, 0.5) is 11.4 Å². The molecule has 21 heavy (non-hydrogen) atoms. The highest BCUT2D eigenvalue weighted by molar-refractivity contribution is 7.90. The third-order valence-electron chi connectivity index (χ3n) is 5.05. The van der Waals surface area contributed by atoms with Crippen LogP contribution in [0.15, 0.2) is 23.1 Å². The lowest BCUT2D eigenvalue weighted by Crippen LogP contribution is -2.38. The van der Waals surface area contributed by atoms with Crippen LogP contribution in [-0.4, -0.2) is 27.8 Å². The number of nitrogens with one attached hydrogen (secondary N) is 2. The summed E-state index contributed by atoms with van der Waals surface area (Å²) in [7, 11) is -3.21. The second kappa shape index (κ2) is 5.20. The molecule has 0 bridgehead atoms. The minimum absolute atomic E-state index is 0.250. The number of rotatable bonds is 1. The van der Waals surface area contributed by atoms with Gasteiger partial charge >= 0.3 is 0 Å². The largest absolute Gasteiger partial charge is 0.383 e. The first-order chi connectivity index (χ1) is 9.90. The van der Waals surface area contributed by atoms with Gasteiger partial charge in [0.1, 0.15) is 0 Å². The SMILES string of the molecule is CC1CCC2(CC1)CNc1cccc(S(C)(=O)=O)c1NC2. The van der Waals surface area contributed by atoms with Crippen LogP contribution in [0.5, 0.6) is 0 Å². The molecule has 1 aromatic carbocycles. The van der Waals surface area contributed by atoms with Crippen LogP contribution < -0.4 is 10.6 Å². The van der Waals surface area contributed by atoms with Crippen molar-refractivity contribution in [3.8, 4) is 0 Å². The second-order valence-electron chi connectivity index (χ2n) is 6.84. The Hall–Kier alpha value is -1.23. The topological polar surface area (TPSA) is 58.2 Å². The van der Waals surface area contributed by atoms with E-state index in [0.717, 1.165) is 30.4 Å². The lowest BCUT2D eigenvalue weighted by molar-refractivity contribution is 0.185. The molecular formula is C16H24N2O2S. The van der Waals surface area contributed by atoms with Crippen LogP contribution in [0.2, 0.25) is 0 Å². The van der Waals surface area contributed by atoms with Crippen LogP contribution in [0.3, 0.4) is 0 Å². The van der Waals surface area contributed by atoms with Crippen molar-refractivity contribution < 1.29 is 8.42 Å². The summed E-state index contributed by atoms with van der Waals surface area (Å²) in [5.41, 5.74) is 1.91. The molecule has 1 aliphatic heterocycles. The Morgan fingerprint density at radius 2 is 1.81 bits per heavy atom. The summed E-state index contributed by atoms with van der Waals surface area (Å²) in [5, 5.41) is 6.92. The third-order valence-corrected chi connectivity index (χ3v) is 6.19. The molecule has 1 spiro atoms. The highest BCUT2D eigenvalue weighted by atomic mass is 32.2. The summed E-state index contributed by atoms with van der Waals surface area (Å²) >= 11 is 0. The van der Waals surface area contributed by atoms with Crippen molar-refractivity contribution >= 4 is 21.2 Å². The van der Waals surface area contributed by atoms with Crippen LogP contribution in [0.1, 0.15) is 32.6 Å². The molecule has 3 rings (SSSR count). The Morgan fingerprint density at radius 3 is 2.48 bits per heavy atom. The molecule has 1 heterocycles. The van der Waals surface area contributed by atoms with E-state index < -0.39 is 9.84 Å². The van der Waals surface area contributed by atoms with E-state index in [4.69, 9.17) is 0 Å². The molecule has 0 amide bonds. The minimum Gasteiger partial charge on any atom is -0.383 e. The molecule has 5 heteroatoms. The van der Waals surface area contributed by atoms with E-state index in [2.05, 4.69) is 17.6 Å². The summed E-state index contributed by atoms with van der Waals surface area (Å²) in [6.45, 7) is 4.10. The molecule has 1 fully saturated rings. The molecule has 2 aliphatic rings. The number of fused-ring (bicyclic) bond motifs is 1. The number of hydrogen-bond donors (Lipinski definition) is 2. The van der Waals surface area contributed by atoms with Crippen LogP contribution in [0.25, 0.3) is 0 Å². The van der Waals surface area contributed by atoms with Crippen molar-refractivity contribution in [2.45, 2.75) is 37.5 Å². The fraction of sp³-hybridized carbons (Fsp3) is 0.625. The van der Waals surface area contributed by atoms with Crippen molar-refractivity contribution in [2.24, 2.45) is 11.3 Å². The highest BCUT2D eigenvalue weighted by Crippen LogP contribution is 2.42. The first-order valence-electron chi connectivity index (χ1n) is 7.70. The maximum atomic E-state index is 12.0. The van der Waals surface area contributed by atoms with Crippen LogP contribution in [-0.2, 0) is 9.84 Å². The molecule has 4 nitrogen and oxygen atoms in total. The molecular weight excluding hydrogens is 284 g/mol. The van der Waals surface area contributed by atoms with Gasteiger partial charge in [-0.3, -0.25) is 0 Å². The van der Waals surface area contributed by atoms with Crippen molar-refractivity contribution in [3.63, 3.8) is 0 Å². The predicted octanol–water partition coefficient (Wildman–Crippen LogP) is 3.12. The Morgan fingerprint density at radius 1 is 1.14 bits per heavy atom. The Bertz CT molecular complexity index is 632. The van der Waals surface area contributed by atoms with Crippen molar-refractivity contribution in [2.75, 3.05) is 30.0 Å². The fourth-order valence-electron chi connectivity index (χ4n) is 3.52. The van der Waals surface area contributed by atoms with Gasteiger partial charge < -0.3 is 10.6 Å². The smallest absolute Gasteiger partial charge is 0.177 e. The Balaban J connectivity index is 1.90. The monoisotopic (exact) mass is 308 g/mol. The van der Waals surface area contributed by atoms with Gasteiger partial charge in [0.05, 0.1) is 16.3 Å². The Labute approximate surface area is 127 Å². The van der Waals surface area contributed by atoms with Crippen LogP contribution in [0, 0.1) is 11.3 Å². The Kier molecular flexibility index (Phi) is 3.64. The second-order valence-corrected chi connectivity index (χ2v) is 8.82. The number of sulfone groups is 1. The lowest BCUT2D eigenvalue weighted by atomic mass is 9.71. The molecule has 0 radical (unpaired) electrons. The van der Waals surface area contributed by atoms with E-state index >= 15 is 0 Å². The normalized spacial score (nSPS) is 29.1. The average molecular weight is 308 g/mol. The fourth-order valence-corrected chi connectivity index (χ4v) is 4.40. The molecule has 116 valence electrons. The molecule has 2 N–H and O–H groups in total. The van der Waals surface area contributed by atoms with Gasteiger partial charge in [-0.2, -0.15) is 0 Å². The summed E-state index contributed by atoms with van der Waals surface area (Å²) < 4.78 is 23.9. The van der Waals surface area contributed by atoms with Gasteiger partial charge in [0.25, 0.3) is 0 Å². The molecule has 1 aromatic rings. The first kappa shape index (κ1) is 14.7. The van der Waals surface area contributed by atoms with Gasteiger partial charge in [-0.1, -0.05) is 25.8 Å². The molecule has 0 aromatic heterocycles. The van der Waals surface area contributed by atoms with Gasteiger partial charge in [0.15, 0.2) is 9.84 Å². The molecule has 0 saturated heterocycles. The van der Waals surface area contributed by atoms with Crippen LogP contribution >= 0.6 is 0 Å². The van der Waals surface area contributed by atoms with E-state index in [1.807, 2.05) is 12.1 Å². The first-order valence-corrected chi connectivity index (χ1v) is 9.60. The molecule has 0 atom stereocenters. The van der Waals surface area contributed by atoms with Crippen molar-refractivity contribution in [1.82, 2.24) is 0 Å². The molecule has 1 aliphatic carbocycles. The van der Waals surface area contributed by atoms with Gasteiger partial charge in [-0.15, -0.1) is 0 Å². The van der Waals surface area contributed by atoms with E-state index in [-0.39, 0.29) is 5.41 Å². The molecule has 1 saturated carbocycles. The van der Waals surface area contributed by atoms with Crippen molar-refractivity contribution in [3.05, 3.63) is 18.2 Å². The lowest BCUT2D eigenvalue weighted by Gasteiger charge is -2.38. The average Bonchev–Trinajstić information content (AvgIpc) is 2.62. The maximum Gasteiger partial charge on any atom is 0.177 e. The summed E-state index contributed by atoms with van der Waals surface area (Å²) in [4.78, 5) is 0.397. The minimum atomic E-state index is -3.21. The summed E-state index contributed by atoms with van der Waals surface area (Å²) in [6.07, 6.45) is 6.21. The third kappa shape index (κ3) is 2.89. The van der Waals surface area contributed by atoms with Gasteiger partial charge in [-0.25, -0.2) is 8.42 Å². The maximum absolute atomic E-state index is 12.0. The van der Waals surface area contributed by atoms with Gasteiger partial charge in [0, 0.05) is 24.8 Å². The predicted molar refractivity (Wildman–Crippen MR) is 86.6 cm³/mol. The quantitative estimate of drug-likeness (QED) is 0.837. The zero-order valence-corrected chi connectivity index (χ0v) is 13.6. The number of para-hydroxylation sites is 1. The zero-order valence-electron chi connectivity index (χ0n) is 12.8. The molecule has 0 unspecified atom stereocenters. The number of anilines is 2. The summed E-state index contributed by atoms with van der Waals surface area (Å²) in [5.74, 6) is 0.813. The summed E-state index contributed by atoms with van der Waals surface area (Å²) in [6, 6.07) is 5.45. The standard InChI is InChI=1S/C16H24N2O2S/c1-12-6-8-16(9-7-12)10-17-13-4-3-5-14(21(2,19)20)15(13)18-11-16/h3-5,12,17-18H,6-11H2,1-2H3. The zero-order chi connectivity index (χ0) is 15.1. The van der Waals surface area contributed by atoms with E-state index in [0.29, 0.717) is 4.90 Å². The van der Waals surface area contributed by atoms with Crippen molar-refractivity contribution in [1.29, 1.82) is 0 Å².